The van der Waals surface area contributed by atoms with E-state index < -0.39 is 0 Å². The van der Waals surface area contributed by atoms with Crippen LogP contribution in [0.3, 0.4) is 0 Å². The Labute approximate surface area is 196 Å². The van der Waals surface area contributed by atoms with E-state index in [2.05, 4.69) is 60.2 Å². The number of aryl methyl sites for hydroxylation is 2. The van der Waals surface area contributed by atoms with Crippen molar-refractivity contribution in [2.24, 2.45) is 10.9 Å². The summed E-state index contributed by atoms with van der Waals surface area (Å²) >= 11 is 0. The van der Waals surface area contributed by atoms with Gasteiger partial charge in [0, 0.05) is 31.4 Å². The van der Waals surface area contributed by atoms with Crippen LogP contribution in [-0.4, -0.2) is 47.1 Å². The molecule has 1 saturated heterocycles. The lowest BCUT2D eigenvalue weighted by atomic mass is 9.80. The van der Waals surface area contributed by atoms with Gasteiger partial charge in [-0.05, 0) is 68.9 Å². The highest BCUT2D eigenvalue weighted by molar-refractivity contribution is 5.81. The second kappa shape index (κ2) is 9.89. The maximum atomic E-state index is 12.8. The van der Waals surface area contributed by atoms with Crippen molar-refractivity contribution < 1.29 is 9.53 Å². The zero-order chi connectivity index (χ0) is 23.4. The molecule has 1 aromatic heterocycles. The molecule has 1 amide bonds. The minimum atomic E-state index is -0.228. The van der Waals surface area contributed by atoms with Crippen molar-refractivity contribution in [3.63, 3.8) is 0 Å². The summed E-state index contributed by atoms with van der Waals surface area (Å²) in [5.41, 5.74) is 3.07. The van der Waals surface area contributed by atoms with Crippen LogP contribution in [0, 0.1) is 12.8 Å². The number of anilines is 1. The molecule has 176 valence electrons. The van der Waals surface area contributed by atoms with E-state index in [-0.39, 0.29) is 23.5 Å². The monoisotopic (exact) mass is 449 g/mol. The van der Waals surface area contributed by atoms with Crippen molar-refractivity contribution in [1.82, 2.24) is 15.5 Å². The van der Waals surface area contributed by atoms with Gasteiger partial charge in [-0.15, -0.1) is 5.10 Å². The van der Waals surface area contributed by atoms with Crippen LogP contribution in [0.5, 0.6) is 5.75 Å². The van der Waals surface area contributed by atoms with Crippen molar-refractivity contribution in [1.29, 1.82) is 0 Å². The fourth-order valence-corrected chi connectivity index (χ4v) is 4.52. The molecule has 1 aliphatic carbocycles. The fraction of sp³-hybridized carbons (Fsp3) is 0.538. The van der Waals surface area contributed by atoms with Gasteiger partial charge in [-0.25, -0.2) is 0 Å². The van der Waals surface area contributed by atoms with Gasteiger partial charge in [-0.3, -0.25) is 9.79 Å². The van der Waals surface area contributed by atoms with Crippen molar-refractivity contribution in [3.8, 4) is 5.75 Å². The Bertz CT molecular complexity index is 995. The summed E-state index contributed by atoms with van der Waals surface area (Å²) in [6.45, 7) is 9.95. The SMILES string of the molecule is CCCC=Nc1c(C)cc(CC)cc1OC1CC(C(=O)NC2(C)CN(c3cccnn3)C2)C1. The fourth-order valence-electron chi connectivity index (χ4n) is 4.52. The largest absolute Gasteiger partial charge is 0.488 e. The molecule has 0 unspecified atom stereocenters. The van der Waals surface area contributed by atoms with Gasteiger partial charge in [0.25, 0.3) is 0 Å². The number of aliphatic imine (C=N–C) groups is 1. The van der Waals surface area contributed by atoms with Crippen LogP contribution in [0.1, 0.15) is 57.6 Å². The van der Waals surface area contributed by atoms with E-state index in [0.29, 0.717) is 0 Å². The molecule has 0 spiro atoms. The molecular formula is C26H35N5O2. The molecule has 33 heavy (non-hydrogen) atoms. The van der Waals surface area contributed by atoms with Gasteiger partial charge < -0.3 is 15.0 Å². The van der Waals surface area contributed by atoms with Crippen molar-refractivity contribution in [2.45, 2.75) is 71.4 Å². The molecule has 2 aromatic rings. The molecule has 1 N–H and O–H groups in total. The Balaban J connectivity index is 1.31. The molecular weight excluding hydrogens is 414 g/mol. The Morgan fingerprint density at radius 3 is 2.79 bits per heavy atom. The summed E-state index contributed by atoms with van der Waals surface area (Å²) in [6, 6.07) is 8.11. The Hall–Kier alpha value is -2.96. The predicted octanol–water partition coefficient (Wildman–Crippen LogP) is 4.40. The maximum absolute atomic E-state index is 12.8. The number of aromatic nitrogens is 2. The summed E-state index contributed by atoms with van der Waals surface area (Å²) in [4.78, 5) is 19.7. The number of rotatable bonds is 9. The number of unbranched alkanes of at least 4 members (excludes halogenated alkanes) is 1. The smallest absolute Gasteiger partial charge is 0.223 e. The standard InChI is InChI=1S/C26H35N5O2/c1-5-7-10-27-24-18(3)12-19(6-2)13-22(24)33-21-14-20(15-21)25(32)29-26(4)16-31(17-26)23-9-8-11-28-30-23/h8-13,20-21H,5-7,14-17H2,1-4H3,(H,29,32). The average molecular weight is 450 g/mol. The van der Waals surface area contributed by atoms with E-state index in [9.17, 15) is 4.79 Å². The lowest BCUT2D eigenvalue weighted by molar-refractivity contribution is -0.132. The number of carbonyl (C=O) groups excluding carboxylic acids is 1. The number of hydrogen-bond donors (Lipinski definition) is 1. The van der Waals surface area contributed by atoms with Crippen LogP contribution in [0.2, 0.25) is 0 Å². The van der Waals surface area contributed by atoms with E-state index in [4.69, 9.17) is 9.73 Å². The quantitative estimate of drug-likeness (QED) is 0.574. The third kappa shape index (κ3) is 5.34. The van der Waals surface area contributed by atoms with E-state index in [1.807, 2.05) is 18.3 Å². The third-order valence-corrected chi connectivity index (χ3v) is 6.52. The highest BCUT2D eigenvalue weighted by atomic mass is 16.5. The molecule has 0 atom stereocenters. The number of carbonyl (C=O) groups is 1. The average Bonchev–Trinajstić information content (AvgIpc) is 2.76. The van der Waals surface area contributed by atoms with Gasteiger partial charge in [0.2, 0.25) is 5.91 Å². The lowest BCUT2D eigenvalue weighted by Crippen LogP contribution is -2.70. The van der Waals surface area contributed by atoms with Crippen LogP contribution in [0.25, 0.3) is 0 Å². The van der Waals surface area contributed by atoms with Gasteiger partial charge in [-0.1, -0.05) is 26.3 Å². The molecule has 4 rings (SSSR count). The number of nitrogens with zero attached hydrogens (tertiary/aromatic N) is 4. The Morgan fingerprint density at radius 2 is 2.12 bits per heavy atom. The van der Waals surface area contributed by atoms with Crippen molar-refractivity contribution in [3.05, 3.63) is 41.6 Å². The summed E-state index contributed by atoms with van der Waals surface area (Å²) in [6.07, 6.45) is 8.15. The zero-order valence-electron chi connectivity index (χ0n) is 20.2. The van der Waals surface area contributed by atoms with Crippen LogP contribution in [0.15, 0.2) is 35.5 Å². The number of ether oxygens (including phenoxy) is 1. The summed E-state index contributed by atoms with van der Waals surface area (Å²) < 4.78 is 6.34. The minimum absolute atomic E-state index is 0.000102. The maximum Gasteiger partial charge on any atom is 0.223 e. The normalized spacial score (nSPS) is 21.4. The number of hydrogen-bond acceptors (Lipinski definition) is 6. The predicted molar refractivity (Wildman–Crippen MR) is 132 cm³/mol. The highest BCUT2D eigenvalue weighted by Crippen LogP contribution is 2.39. The van der Waals surface area contributed by atoms with Gasteiger partial charge >= 0.3 is 0 Å². The van der Waals surface area contributed by atoms with Crippen molar-refractivity contribution >= 4 is 23.6 Å². The first-order valence-electron chi connectivity index (χ1n) is 12.1. The second-order valence-electron chi connectivity index (χ2n) is 9.61. The first-order chi connectivity index (χ1) is 15.9. The van der Waals surface area contributed by atoms with Crippen LogP contribution >= 0.6 is 0 Å². The molecule has 1 saturated carbocycles. The van der Waals surface area contributed by atoms with E-state index in [0.717, 1.165) is 68.0 Å². The zero-order valence-corrected chi connectivity index (χ0v) is 20.2. The van der Waals surface area contributed by atoms with Gasteiger partial charge in [0.15, 0.2) is 5.82 Å². The molecule has 2 heterocycles. The van der Waals surface area contributed by atoms with E-state index >= 15 is 0 Å². The molecule has 7 heteroatoms. The first kappa shape index (κ1) is 23.2. The number of benzene rings is 1. The van der Waals surface area contributed by atoms with Gasteiger partial charge in [-0.2, -0.15) is 5.10 Å². The highest BCUT2D eigenvalue weighted by Gasteiger charge is 2.44. The summed E-state index contributed by atoms with van der Waals surface area (Å²) in [5, 5.41) is 11.3. The van der Waals surface area contributed by atoms with Gasteiger partial charge in [0.05, 0.1) is 5.54 Å². The van der Waals surface area contributed by atoms with E-state index in [1.165, 1.54) is 5.56 Å². The Kier molecular flexibility index (Phi) is 6.96. The Morgan fingerprint density at radius 1 is 1.33 bits per heavy atom. The second-order valence-corrected chi connectivity index (χ2v) is 9.61. The number of nitrogens with one attached hydrogen (secondary N) is 1. The van der Waals surface area contributed by atoms with Crippen LogP contribution in [0.4, 0.5) is 11.5 Å². The molecule has 1 aliphatic heterocycles. The van der Waals surface area contributed by atoms with Crippen LogP contribution in [-0.2, 0) is 11.2 Å². The first-order valence-corrected chi connectivity index (χ1v) is 12.1. The lowest BCUT2D eigenvalue weighted by Gasteiger charge is -2.49. The number of amides is 1. The molecule has 2 aliphatic rings. The molecule has 0 radical (unpaired) electrons. The van der Waals surface area contributed by atoms with Gasteiger partial charge in [0.1, 0.15) is 17.5 Å². The topological polar surface area (TPSA) is 79.7 Å². The molecule has 1 aromatic carbocycles. The summed E-state index contributed by atoms with van der Waals surface area (Å²) in [5.74, 6) is 1.81. The molecule has 2 fully saturated rings. The minimum Gasteiger partial charge on any atom is -0.488 e. The van der Waals surface area contributed by atoms with Crippen molar-refractivity contribution in [2.75, 3.05) is 18.0 Å². The summed E-state index contributed by atoms with van der Waals surface area (Å²) in [7, 11) is 0. The van der Waals surface area contributed by atoms with Crippen LogP contribution < -0.4 is 15.0 Å². The molecule has 0 bridgehead atoms. The molecule has 7 nitrogen and oxygen atoms in total. The third-order valence-electron chi connectivity index (χ3n) is 6.52. The van der Waals surface area contributed by atoms with E-state index in [1.54, 1.807) is 6.20 Å².